The molecule has 0 unspecified atom stereocenters. The highest BCUT2D eigenvalue weighted by molar-refractivity contribution is 9.09. The van der Waals surface area contributed by atoms with Gasteiger partial charge in [0.15, 0.2) is 0 Å². The zero-order chi connectivity index (χ0) is 11.1. The number of carbonyl (C=O) groups excluding carboxylic acids is 1. The summed E-state index contributed by atoms with van der Waals surface area (Å²) in [5.41, 5.74) is 0. The van der Waals surface area contributed by atoms with E-state index in [-0.39, 0.29) is 23.4 Å². The summed E-state index contributed by atoms with van der Waals surface area (Å²) in [6.07, 6.45) is 0. The van der Waals surface area contributed by atoms with Crippen LogP contribution in [0.1, 0.15) is 27.7 Å². The highest BCUT2D eigenvalue weighted by atomic mass is 79.9. The number of alkyl halides is 1. The van der Waals surface area contributed by atoms with Crippen molar-refractivity contribution in [3.05, 3.63) is 0 Å². The van der Waals surface area contributed by atoms with E-state index >= 15 is 0 Å². The molecule has 0 spiro atoms. The van der Waals surface area contributed by atoms with Gasteiger partial charge >= 0.3 is 5.97 Å². The van der Waals surface area contributed by atoms with Gasteiger partial charge in [-0.05, 0) is 27.7 Å². The van der Waals surface area contributed by atoms with E-state index in [1.54, 1.807) is 0 Å². The molecule has 0 amide bonds. The van der Waals surface area contributed by atoms with Crippen LogP contribution in [-0.4, -0.2) is 29.4 Å². The molecule has 0 aliphatic carbocycles. The van der Waals surface area contributed by atoms with Crippen molar-refractivity contribution >= 4 is 27.9 Å². The molecular weight excluding hydrogens is 248 g/mol. The lowest BCUT2D eigenvalue weighted by molar-refractivity contribution is -0.132. The first-order chi connectivity index (χ1) is 6.45. The Kier molecular flexibility index (Phi) is 6.53. The van der Waals surface area contributed by atoms with Gasteiger partial charge in [0.25, 0.3) is 6.02 Å². The minimum Gasteiger partial charge on any atom is -0.392 e. The van der Waals surface area contributed by atoms with Gasteiger partial charge in [-0.25, -0.2) is 4.99 Å². The predicted octanol–water partition coefficient (Wildman–Crippen LogP) is 1.69. The molecular formula is C9H17BrN2O2. The predicted molar refractivity (Wildman–Crippen MR) is 60.7 cm³/mol. The zero-order valence-corrected chi connectivity index (χ0v) is 10.6. The van der Waals surface area contributed by atoms with Gasteiger partial charge in [-0.15, -0.1) is 0 Å². The average Bonchev–Trinajstić information content (AvgIpc) is 2.01. The van der Waals surface area contributed by atoms with Crippen LogP contribution >= 0.6 is 15.9 Å². The van der Waals surface area contributed by atoms with E-state index in [2.05, 4.69) is 26.2 Å². The van der Waals surface area contributed by atoms with E-state index in [4.69, 9.17) is 4.74 Å². The Morgan fingerprint density at radius 1 is 1.43 bits per heavy atom. The van der Waals surface area contributed by atoms with Crippen molar-refractivity contribution in [2.75, 3.05) is 5.33 Å². The number of aliphatic imine (C=N–C) groups is 1. The summed E-state index contributed by atoms with van der Waals surface area (Å²) in [6, 6.07) is 0.578. The van der Waals surface area contributed by atoms with E-state index in [1.807, 2.05) is 27.7 Å². The third-order valence-electron chi connectivity index (χ3n) is 1.11. The molecule has 14 heavy (non-hydrogen) atoms. The molecule has 0 atom stereocenters. The summed E-state index contributed by atoms with van der Waals surface area (Å²) in [4.78, 5) is 15.1. The van der Waals surface area contributed by atoms with Gasteiger partial charge in [0.1, 0.15) is 5.33 Å². The van der Waals surface area contributed by atoms with E-state index in [9.17, 15) is 4.79 Å². The van der Waals surface area contributed by atoms with Crippen LogP contribution in [0.4, 0.5) is 0 Å². The summed E-state index contributed by atoms with van der Waals surface area (Å²) in [5, 5.41) is 3.13. The number of hydrogen-bond donors (Lipinski definition) is 1. The van der Waals surface area contributed by atoms with Crippen molar-refractivity contribution in [3.63, 3.8) is 0 Å². The molecule has 0 aromatic carbocycles. The Morgan fingerprint density at radius 2 is 2.00 bits per heavy atom. The highest BCUT2D eigenvalue weighted by Crippen LogP contribution is 1.93. The molecule has 0 aromatic heterocycles. The molecule has 5 heteroatoms. The third-order valence-corrected chi connectivity index (χ3v) is 1.57. The summed E-state index contributed by atoms with van der Waals surface area (Å²) in [5.74, 6) is -0.349. The number of nitrogens with zero attached hydrogens (tertiary/aromatic N) is 1. The maximum atomic E-state index is 11.0. The molecule has 82 valence electrons. The SMILES string of the molecule is CC(C)N=C(NC(C)C)OC(=O)CBr. The minimum absolute atomic E-state index is 0.0966. The molecule has 0 heterocycles. The molecule has 0 aliphatic rings. The van der Waals surface area contributed by atoms with E-state index in [1.165, 1.54) is 0 Å². The van der Waals surface area contributed by atoms with Gasteiger partial charge < -0.3 is 10.1 Å². The van der Waals surface area contributed by atoms with Crippen molar-refractivity contribution in [1.82, 2.24) is 5.32 Å². The van der Waals surface area contributed by atoms with Crippen LogP contribution in [0.2, 0.25) is 0 Å². The van der Waals surface area contributed by atoms with E-state index < -0.39 is 0 Å². The fraction of sp³-hybridized carbons (Fsp3) is 0.778. The summed E-state index contributed by atoms with van der Waals surface area (Å²) in [6.45, 7) is 7.75. The van der Waals surface area contributed by atoms with Crippen molar-refractivity contribution in [1.29, 1.82) is 0 Å². The topological polar surface area (TPSA) is 50.7 Å². The molecule has 0 fully saturated rings. The number of rotatable bonds is 3. The van der Waals surface area contributed by atoms with Gasteiger partial charge in [-0.3, -0.25) is 4.79 Å². The molecule has 0 radical (unpaired) electrons. The lowest BCUT2D eigenvalue weighted by Crippen LogP contribution is -2.35. The first kappa shape index (κ1) is 13.4. The summed E-state index contributed by atoms with van der Waals surface area (Å²) < 4.78 is 4.97. The second-order valence-electron chi connectivity index (χ2n) is 3.43. The quantitative estimate of drug-likeness (QED) is 0.365. The maximum Gasteiger partial charge on any atom is 0.324 e. The van der Waals surface area contributed by atoms with E-state index in [0.29, 0.717) is 6.02 Å². The molecule has 4 nitrogen and oxygen atoms in total. The molecule has 1 N–H and O–H groups in total. The Labute approximate surface area is 93.2 Å². The Morgan fingerprint density at radius 3 is 2.36 bits per heavy atom. The van der Waals surface area contributed by atoms with Crippen molar-refractivity contribution in [2.24, 2.45) is 4.99 Å². The summed E-state index contributed by atoms with van der Waals surface area (Å²) in [7, 11) is 0. The van der Waals surface area contributed by atoms with Gasteiger partial charge in [0.05, 0.1) is 0 Å². The Bertz CT molecular complexity index is 215. The van der Waals surface area contributed by atoms with Crippen LogP contribution in [0, 0.1) is 0 Å². The van der Waals surface area contributed by atoms with Crippen molar-refractivity contribution in [3.8, 4) is 0 Å². The molecule has 0 saturated carbocycles. The Hall–Kier alpha value is -0.580. The summed E-state index contributed by atoms with van der Waals surface area (Å²) >= 11 is 3.02. The molecule has 0 saturated heterocycles. The number of hydrogen-bond acceptors (Lipinski definition) is 3. The second-order valence-corrected chi connectivity index (χ2v) is 4.00. The maximum absolute atomic E-state index is 11.0. The molecule has 0 bridgehead atoms. The normalized spacial score (nSPS) is 12.1. The number of carbonyl (C=O) groups is 1. The van der Waals surface area contributed by atoms with Gasteiger partial charge in [0.2, 0.25) is 0 Å². The van der Waals surface area contributed by atoms with Crippen LogP contribution < -0.4 is 5.32 Å². The monoisotopic (exact) mass is 264 g/mol. The number of ether oxygens (including phenoxy) is 1. The van der Waals surface area contributed by atoms with E-state index in [0.717, 1.165) is 0 Å². The first-order valence-corrected chi connectivity index (χ1v) is 5.68. The van der Waals surface area contributed by atoms with Gasteiger partial charge in [-0.1, -0.05) is 15.9 Å². The smallest absolute Gasteiger partial charge is 0.324 e. The third kappa shape index (κ3) is 6.88. The van der Waals surface area contributed by atoms with Gasteiger partial charge in [0, 0.05) is 12.1 Å². The molecule has 0 aromatic rings. The zero-order valence-electron chi connectivity index (χ0n) is 9.00. The minimum atomic E-state index is -0.349. The fourth-order valence-corrected chi connectivity index (χ4v) is 0.824. The largest absolute Gasteiger partial charge is 0.392 e. The average molecular weight is 265 g/mol. The van der Waals surface area contributed by atoms with Crippen molar-refractivity contribution < 1.29 is 9.53 Å². The van der Waals surface area contributed by atoms with Crippen LogP contribution in [0.15, 0.2) is 4.99 Å². The van der Waals surface area contributed by atoms with Crippen LogP contribution in [0.3, 0.4) is 0 Å². The van der Waals surface area contributed by atoms with Crippen molar-refractivity contribution in [2.45, 2.75) is 39.8 Å². The highest BCUT2D eigenvalue weighted by Gasteiger charge is 2.08. The number of halogens is 1. The standard InChI is InChI=1S/C9H17BrN2O2/c1-6(2)11-9(12-7(3)4)14-8(13)5-10/h6-7H,5H2,1-4H3,(H,11,12). The molecule has 0 rings (SSSR count). The lowest BCUT2D eigenvalue weighted by atomic mass is 10.4. The van der Waals surface area contributed by atoms with Crippen LogP contribution in [0.25, 0.3) is 0 Å². The molecule has 0 aliphatic heterocycles. The fourth-order valence-electron chi connectivity index (χ4n) is 0.710. The number of amidine groups is 1. The van der Waals surface area contributed by atoms with Gasteiger partial charge in [-0.2, -0.15) is 0 Å². The number of esters is 1. The van der Waals surface area contributed by atoms with Crippen LogP contribution in [-0.2, 0) is 9.53 Å². The Balaban J connectivity index is 4.32. The first-order valence-electron chi connectivity index (χ1n) is 4.56. The lowest BCUT2D eigenvalue weighted by Gasteiger charge is -2.12. The second kappa shape index (κ2) is 6.81. The van der Waals surface area contributed by atoms with Crippen LogP contribution in [0.5, 0.6) is 0 Å². The number of nitrogens with one attached hydrogen (secondary N) is 1.